The lowest BCUT2D eigenvalue weighted by molar-refractivity contribution is 0.481. The topological polar surface area (TPSA) is 20.6 Å². The molecule has 4 nitrogen and oxygen atoms in total. The zero-order chi connectivity index (χ0) is 35.8. The monoisotopic (exact) mass is 693 g/mol. The first-order valence-corrected chi connectivity index (χ1v) is 18.3. The second-order valence-corrected chi connectivity index (χ2v) is 13.4. The van der Waals surface area contributed by atoms with E-state index < -0.39 is 0 Å². The van der Waals surface area contributed by atoms with Crippen LogP contribution >= 0.6 is 0 Å². The Labute approximate surface area is 315 Å². The molecule has 0 unspecified atom stereocenters. The maximum absolute atomic E-state index is 6.94. The number of aromatic nitrogens is 1. The summed E-state index contributed by atoms with van der Waals surface area (Å²) in [7, 11) is 0. The van der Waals surface area contributed by atoms with E-state index in [1.54, 1.807) is 0 Å². The molecule has 0 atom stereocenters. The molecule has 0 aliphatic carbocycles. The molecule has 0 amide bonds. The van der Waals surface area contributed by atoms with Crippen LogP contribution in [0.4, 0.5) is 34.3 Å². The predicted octanol–water partition coefficient (Wildman–Crippen LogP) is 14.0. The summed E-state index contributed by atoms with van der Waals surface area (Å²) in [5, 5.41) is 1.02. The number of anilines is 6. The number of hydrogen-bond donors (Lipinski definition) is 0. The summed E-state index contributed by atoms with van der Waals surface area (Å²) in [6.07, 6.45) is 0. The highest BCUT2D eigenvalue weighted by Gasteiger charge is 2.33. The third-order valence-corrected chi connectivity index (χ3v) is 10.2. The Bertz CT molecular complexity index is 2620. The van der Waals surface area contributed by atoms with Crippen LogP contribution in [0.2, 0.25) is 0 Å². The van der Waals surface area contributed by atoms with Gasteiger partial charge in [-0.3, -0.25) is 9.47 Å². The first kappa shape index (κ1) is 31.4. The molecule has 9 aromatic rings. The zero-order valence-corrected chi connectivity index (χ0v) is 29.5. The van der Waals surface area contributed by atoms with Gasteiger partial charge in [0.2, 0.25) is 0 Å². The van der Waals surface area contributed by atoms with E-state index in [0.717, 1.165) is 62.3 Å². The largest absolute Gasteiger partial charge is 0.451 e. The maximum atomic E-state index is 6.94. The van der Waals surface area contributed by atoms with Crippen LogP contribution < -0.4 is 14.5 Å². The number of ether oxygens (including phenoxy) is 1. The van der Waals surface area contributed by atoms with Gasteiger partial charge in [0.15, 0.2) is 17.3 Å². The van der Waals surface area contributed by atoms with Crippen molar-refractivity contribution in [1.82, 2.24) is 4.57 Å². The van der Waals surface area contributed by atoms with Crippen LogP contribution in [-0.4, -0.2) is 4.57 Å². The predicted molar refractivity (Wildman–Crippen MR) is 224 cm³/mol. The average Bonchev–Trinajstić information content (AvgIpc) is 3.57. The van der Waals surface area contributed by atoms with Crippen LogP contribution in [-0.2, 0) is 0 Å². The summed E-state index contributed by atoms with van der Waals surface area (Å²) in [4.78, 5) is 4.66. The Morgan fingerprint density at radius 3 is 1.43 bits per heavy atom. The van der Waals surface area contributed by atoms with E-state index in [1.807, 2.05) is 6.07 Å². The molecule has 0 fully saturated rings. The lowest BCUT2D eigenvalue weighted by Crippen LogP contribution is -2.18. The van der Waals surface area contributed by atoms with Gasteiger partial charge in [0, 0.05) is 33.8 Å². The molecular weight excluding hydrogens is 659 g/mol. The fourth-order valence-electron chi connectivity index (χ4n) is 7.62. The highest BCUT2D eigenvalue weighted by atomic mass is 16.5. The molecule has 0 saturated carbocycles. The highest BCUT2D eigenvalue weighted by Crippen LogP contribution is 2.56. The fraction of sp³-hybridized carbons (Fsp3) is 0. The highest BCUT2D eigenvalue weighted by molar-refractivity contribution is 6.03. The fourth-order valence-corrected chi connectivity index (χ4v) is 7.62. The molecule has 1 aromatic heterocycles. The van der Waals surface area contributed by atoms with E-state index in [4.69, 9.17) is 4.74 Å². The Hall–Kier alpha value is -7.30. The molecule has 54 heavy (non-hydrogen) atoms. The SMILES string of the molecule is c1ccc(-c2ccc(N(c3ccc(-c4ccccc4)cc3)c3ccc4c(c3)c3c(n4-c4ccccc4)N(c4ccccc4)c4ccccc4O3)cc2)cc1. The average molecular weight is 694 g/mol. The van der Waals surface area contributed by atoms with Crippen molar-refractivity contribution < 1.29 is 4.74 Å². The van der Waals surface area contributed by atoms with E-state index in [0.29, 0.717) is 0 Å². The molecule has 256 valence electrons. The third-order valence-electron chi connectivity index (χ3n) is 10.2. The lowest BCUT2D eigenvalue weighted by Gasteiger charge is -2.32. The lowest BCUT2D eigenvalue weighted by atomic mass is 10.0. The molecule has 0 saturated heterocycles. The quantitative estimate of drug-likeness (QED) is 0.166. The van der Waals surface area contributed by atoms with Gasteiger partial charge in [-0.25, -0.2) is 0 Å². The van der Waals surface area contributed by atoms with E-state index in [-0.39, 0.29) is 0 Å². The molecule has 10 rings (SSSR count). The number of rotatable bonds is 7. The smallest absolute Gasteiger partial charge is 0.178 e. The molecule has 0 spiro atoms. The second-order valence-electron chi connectivity index (χ2n) is 13.4. The van der Waals surface area contributed by atoms with Crippen molar-refractivity contribution >= 4 is 45.2 Å². The van der Waals surface area contributed by atoms with Gasteiger partial charge in [0.1, 0.15) is 0 Å². The number of benzene rings is 8. The number of fused-ring (bicyclic) bond motifs is 4. The van der Waals surface area contributed by atoms with Crippen molar-refractivity contribution in [2.45, 2.75) is 0 Å². The molecule has 2 heterocycles. The minimum Gasteiger partial charge on any atom is -0.451 e. The van der Waals surface area contributed by atoms with Crippen molar-refractivity contribution in [3.63, 3.8) is 0 Å². The van der Waals surface area contributed by atoms with Crippen LogP contribution in [0.15, 0.2) is 212 Å². The summed E-state index contributed by atoms with van der Waals surface area (Å²) in [5.74, 6) is 2.59. The Morgan fingerprint density at radius 2 is 0.852 bits per heavy atom. The van der Waals surface area contributed by atoms with Gasteiger partial charge in [0.25, 0.3) is 0 Å². The molecule has 1 aliphatic heterocycles. The van der Waals surface area contributed by atoms with Gasteiger partial charge in [-0.15, -0.1) is 0 Å². The van der Waals surface area contributed by atoms with Gasteiger partial charge < -0.3 is 9.64 Å². The third kappa shape index (κ3) is 5.49. The summed E-state index contributed by atoms with van der Waals surface area (Å²) in [6, 6.07) is 74.9. The zero-order valence-electron chi connectivity index (χ0n) is 29.5. The van der Waals surface area contributed by atoms with Crippen molar-refractivity contribution in [2.75, 3.05) is 9.80 Å². The van der Waals surface area contributed by atoms with E-state index in [2.05, 4.69) is 221 Å². The summed E-state index contributed by atoms with van der Waals surface area (Å²) >= 11 is 0. The van der Waals surface area contributed by atoms with Crippen molar-refractivity contribution in [2.24, 2.45) is 0 Å². The first-order valence-electron chi connectivity index (χ1n) is 18.3. The molecule has 1 aliphatic rings. The Kier molecular flexibility index (Phi) is 7.77. The molecule has 8 aromatic carbocycles. The summed E-state index contributed by atoms with van der Waals surface area (Å²) in [5.41, 5.74) is 12.1. The van der Waals surface area contributed by atoms with Gasteiger partial charge in [-0.2, -0.15) is 0 Å². The van der Waals surface area contributed by atoms with Crippen molar-refractivity contribution in [3.05, 3.63) is 212 Å². The van der Waals surface area contributed by atoms with Crippen LogP contribution in [0.5, 0.6) is 11.5 Å². The van der Waals surface area contributed by atoms with Crippen LogP contribution in [0.25, 0.3) is 38.8 Å². The molecule has 0 N–H and O–H groups in total. The molecule has 4 heteroatoms. The van der Waals surface area contributed by atoms with Gasteiger partial charge in [-0.05, 0) is 101 Å². The van der Waals surface area contributed by atoms with Crippen molar-refractivity contribution in [3.8, 4) is 39.4 Å². The molecule has 0 bridgehead atoms. The molecular formula is C50H35N3O. The normalized spacial score (nSPS) is 11.8. The number of para-hydroxylation sites is 4. The first-order chi connectivity index (χ1) is 26.8. The second kappa shape index (κ2) is 13.4. The van der Waals surface area contributed by atoms with Crippen LogP contribution in [0.1, 0.15) is 0 Å². The van der Waals surface area contributed by atoms with E-state index >= 15 is 0 Å². The number of hydrogen-bond acceptors (Lipinski definition) is 3. The van der Waals surface area contributed by atoms with Crippen LogP contribution in [0, 0.1) is 0 Å². The number of nitrogens with zero attached hydrogens (tertiary/aromatic N) is 3. The molecule has 0 radical (unpaired) electrons. The van der Waals surface area contributed by atoms with Crippen molar-refractivity contribution in [1.29, 1.82) is 0 Å². The van der Waals surface area contributed by atoms with Gasteiger partial charge in [0.05, 0.1) is 11.2 Å². The van der Waals surface area contributed by atoms with Gasteiger partial charge in [-0.1, -0.05) is 133 Å². The minimum atomic E-state index is 0.816. The van der Waals surface area contributed by atoms with E-state index in [1.165, 1.54) is 22.3 Å². The maximum Gasteiger partial charge on any atom is 0.178 e. The van der Waals surface area contributed by atoms with Crippen LogP contribution in [0.3, 0.4) is 0 Å². The Morgan fingerprint density at radius 1 is 0.389 bits per heavy atom. The Balaban J connectivity index is 1.18. The summed E-state index contributed by atoms with van der Waals surface area (Å²) < 4.78 is 9.26. The van der Waals surface area contributed by atoms with Gasteiger partial charge >= 0.3 is 0 Å². The summed E-state index contributed by atoms with van der Waals surface area (Å²) in [6.45, 7) is 0. The standard InChI is InChI=1S/C50H35N3O/c1-5-15-36(16-6-1)38-25-29-42(30-26-38)51(43-31-27-39(28-32-43)37-17-7-2-8-18-37)44-33-34-46-45(35-44)49-50(52(46)40-19-9-3-10-20-40)53(41-21-11-4-12-22-41)47-23-13-14-24-48(47)54-49/h1-35H. The van der Waals surface area contributed by atoms with E-state index in [9.17, 15) is 0 Å². The minimum absolute atomic E-state index is 0.816.